The summed E-state index contributed by atoms with van der Waals surface area (Å²) in [5, 5.41) is 18.2. The number of quaternary nitrogens is 1. The fraction of sp³-hybridized carbons (Fsp3) is 0.935. The lowest BCUT2D eigenvalue weighted by atomic mass is 9.44. The molecule has 4 aliphatic carbocycles. The molecule has 2 N–H and O–H groups in total. The number of aliphatic hydroxyl groups excluding tert-OH is 1. The Balaban J connectivity index is 1.33. The van der Waals surface area contributed by atoms with Crippen LogP contribution in [0, 0.1) is 40.4 Å². The third-order valence-corrected chi connectivity index (χ3v) is 11.6. The van der Waals surface area contributed by atoms with E-state index in [0.717, 1.165) is 66.8 Å². The highest BCUT2D eigenvalue weighted by Gasteiger charge is 2.60. The SMILES string of the molecule is CCN(CCNCC[N+](C)(C)C)C(=O)O/N=C(\C)[C@H]1CC[C@H]2[C@@H]3CC[C@@H]4C[C@@H](O)CC[C@]4(C)[C@H]3CC[C@]12C. The summed E-state index contributed by atoms with van der Waals surface area (Å²) in [6.07, 6.45) is 10.4. The number of aliphatic hydroxyl groups is 1. The van der Waals surface area contributed by atoms with E-state index in [9.17, 15) is 9.90 Å². The molecule has 1 amide bonds. The Labute approximate surface area is 232 Å². The number of carbonyl (C=O) groups excluding carboxylic acids is 1. The second-order valence-corrected chi connectivity index (χ2v) is 14.7. The number of nitrogens with one attached hydrogen (secondary N) is 1. The van der Waals surface area contributed by atoms with Crippen LogP contribution >= 0.6 is 0 Å². The van der Waals surface area contributed by atoms with Gasteiger partial charge in [0.1, 0.15) is 0 Å². The first-order valence-electron chi connectivity index (χ1n) is 15.6. The van der Waals surface area contributed by atoms with E-state index in [1.54, 1.807) is 4.90 Å². The van der Waals surface area contributed by atoms with Gasteiger partial charge in [0.25, 0.3) is 0 Å². The van der Waals surface area contributed by atoms with Crippen molar-refractivity contribution in [2.24, 2.45) is 45.6 Å². The molecule has 0 spiro atoms. The zero-order chi connectivity index (χ0) is 27.7. The fourth-order valence-corrected chi connectivity index (χ4v) is 9.29. The van der Waals surface area contributed by atoms with Gasteiger partial charge >= 0.3 is 6.09 Å². The first kappa shape index (κ1) is 29.8. The number of amides is 1. The Morgan fingerprint density at radius 1 is 1.03 bits per heavy atom. The van der Waals surface area contributed by atoms with E-state index < -0.39 is 0 Å². The van der Waals surface area contributed by atoms with Crippen molar-refractivity contribution in [2.75, 3.05) is 53.9 Å². The van der Waals surface area contributed by atoms with Crippen LogP contribution in [-0.4, -0.2) is 86.3 Å². The molecular formula is C31H57N4O3+. The molecule has 4 fully saturated rings. The quantitative estimate of drug-likeness (QED) is 0.142. The molecule has 0 aliphatic heterocycles. The first-order valence-corrected chi connectivity index (χ1v) is 15.6. The minimum absolute atomic E-state index is 0.0800. The number of hydrogen-bond donors (Lipinski definition) is 2. The highest BCUT2D eigenvalue weighted by molar-refractivity contribution is 5.85. The Bertz CT molecular complexity index is 857. The molecule has 0 heterocycles. The Morgan fingerprint density at radius 2 is 1.74 bits per heavy atom. The zero-order valence-corrected chi connectivity index (χ0v) is 25.5. The summed E-state index contributed by atoms with van der Waals surface area (Å²) in [6, 6.07) is 0. The van der Waals surface area contributed by atoms with Gasteiger partial charge in [-0.1, -0.05) is 19.0 Å². The van der Waals surface area contributed by atoms with Crippen molar-refractivity contribution < 1.29 is 19.2 Å². The van der Waals surface area contributed by atoms with Crippen LogP contribution in [0.3, 0.4) is 0 Å². The van der Waals surface area contributed by atoms with Crippen LogP contribution < -0.4 is 5.32 Å². The van der Waals surface area contributed by atoms with Crippen LogP contribution in [0.15, 0.2) is 5.16 Å². The molecule has 0 unspecified atom stereocenters. The topological polar surface area (TPSA) is 74.2 Å². The van der Waals surface area contributed by atoms with Gasteiger partial charge in [-0.3, -0.25) is 4.84 Å². The van der Waals surface area contributed by atoms with Crippen molar-refractivity contribution in [1.29, 1.82) is 0 Å². The van der Waals surface area contributed by atoms with Crippen LogP contribution in [0.1, 0.15) is 85.5 Å². The van der Waals surface area contributed by atoms with Crippen molar-refractivity contribution in [1.82, 2.24) is 10.2 Å². The van der Waals surface area contributed by atoms with Crippen LogP contribution in [-0.2, 0) is 4.84 Å². The van der Waals surface area contributed by atoms with Gasteiger partial charge < -0.3 is 19.8 Å². The third-order valence-electron chi connectivity index (χ3n) is 11.6. The normalized spacial score (nSPS) is 39.2. The zero-order valence-electron chi connectivity index (χ0n) is 25.5. The standard InChI is InChI=1S/C31H57N4O3/c1-8-34(19-17-32-18-20-35(5,6)7)29(37)38-33-22(2)26-11-12-27-25-10-9-23-21-24(36)13-15-30(23,3)28(25)14-16-31(26,27)4/h23-28,32,36H,8-21H2,1-7H3/q+1/b33-22+/t23-,24+,25+,26-,27+,28+,30+,31-/m1/s1. The number of rotatable bonds is 9. The smallest absolute Gasteiger partial charge is 0.393 e. The van der Waals surface area contributed by atoms with Crippen LogP contribution in [0.25, 0.3) is 0 Å². The lowest BCUT2D eigenvalue weighted by Gasteiger charge is -2.61. The number of hydrogen-bond acceptors (Lipinski definition) is 5. The van der Waals surface area contributed by atoms with Gasteiger partial charge in [-0.25, -0.2) is 4.79 Å². The van der Waals surface area contributed by atoms with Crippen molar-refractivity contribution in [3.63, 3.8) is 0 Å². The van der Waals surface area contributed by atoms with Gasteiger partial charge in [-0.05, 0) is 106 Å². The molecule has 8 atom stereocenters. The molecule has 0 radical (unpaired) electrons. The molecule has 7 nitrogen and oxygen atoms in total. The molecule has 218 valence electrons. The number of carbonyl (C=O) groups is 1. The second kappa shape index (κ2) is 11.7. The molecule has 0 aromatic heterocycles. The van der Waals surface area contributed by atoms with E-state index in [1.165, 1.54) is 38.5 Å². The van der Waals surface area contributed by atoms with E-state index in [-0.39, 0.29) is 17.6 Å². The highest BCUT2D eigenvalue weighted by atomic mass is 16.7. The van der Waals surface area contributed by atoms with Crippen LogP contribution in [0.2, 0.25) is 0 Å². The molecular weight excluding hydrogens is 476 g/mol. The summed E-state index contributed by atoms with van der Waals surface area (Å²) >= 11 is 0. The first-order chi connectivity index (χ1) is 17.9. The monoisotopic (exact) mass is 533 g/mol. The molecule has 0 aromatic rings. The van der Waals surface area contributed by atoms with E-state index in [2.05, 4.69) is 52.4 Å². The van der Waals surface area contributed by atoms with E-state index in [1.807, 2.05) is 6.92 Å². The largest absolute Gasteiger partial charge is 0.436 e. The molecule has 0 saturated heterocycles. The summed E-state index contributed by atoms with van der Waals surface area (Å²) in [4.78, 5) is 20.1. The average molecular weight is 534 g/mol. The number of fused-ring (bicyclic) bond motifs is 5. The predicted molar refractivity (Wildman–Crippen MR) is 154 cm³/mol. The molecule has 4 aliphatic rings. The maximum absolute atomic E-state index is 12.8. The van der Waals surface area contributed by atoms with Crippen LogP contribution in [0.4, 0.5) is 4.79 Å². The molecule has 38 heavy (non-hydrogen) atoms. The average Bonchev–Trinajstić information content (AvgIpc) is 3.21. The van der Waals surface area contributed by atoms with Crippen molar-refractivity contribution in [3.05, 3.63) is 0 Å². The van der Waals surface area contributed by atoms with Gasteiger partial charge in [-0.15, -0.1) is 0 Å². The lowest BCUT2D eigenvalue weighted by Crippen LogP contribution is -2.54. The Morgan fingerprint density at radius 3 is 2.45 bits per heavy atom. The number of oxime groups is 1. The number of likely N-dealkylation sites (N-methyl/N-ethyl adjacent to an activating group) is 2. The van der Waals surface area contributed by atoms with Gasteiger partial charge in [0, 0.05) is 32.1 Å². The third kappa shape index (κ3) is 6.10. The molecule has 0 bridgehead atoms. The number of nitrogens with zero attached hydrogens (tertiary/aromatic N) is 3. The van der Waals surface area contributed by atoms with Gasteiger partial charge in [0.2, 0.25) is 0 Å². The van der Waals surface area contributed by atoms with E-state index in [4.69, 9.17) is 4.84 Å². The summed E-state index contributed by atoms with van der Waals surface area (Å²) in [5.41, 5.74) is 1.66. The fourth-order valence-electron chi connectivity index (χ4n) is 9.29. The predicted octanol–water partition coefficient (Wildman–Crippen LogP) is 5.14. The summed E-state index contributed by atoms with van der Waals surface area (Å²) < 4.78 is 0.923. The minimum atomic E-state index is -0.339. The Hall–Kier alpha value is -1.18. The van der Waals surface area contributed by atoms with Crippen molar-refractivity contribution in [3.8, 4) is 0 Å². The molecule has 7 heteroatoms. The summed E-state index contributed by atoms with van der Waals surface area (Å²) in [6.45, 7) is 13.1. The van der Waals surface area contributed by atoms with Gasteiger partial charge in [-0.2, -0.15) is 0 Å². The molecule has 4 rings (SSSR count). The maximum atomic E-state index is 12.8. The second-order valence-electron chi connectivity index (χ2n) is 14.7. The summed E-state index contributed by atoms with van der Waals surface area (Å²) in [7, 11) is 6.55. The minimum Gasteiger partial charge on any atom is -0.393 e. The van der Waals surface area contributed by atoms with Gasteiger partial charge in [0.05, 0.1) is 39.5 Å². The van der Waals surface area contributed by atoms with Crippen LogP contribution in [0.5, 0.6) is 0 Å². The molecule has 0 aromatic carbocycles. The van der Waals surface area contributed by atoms with Crippen molar-refractivity contribution in [2.45, 2.75) is 91.6 Å². The highest BCUT2D eigenvalue weighted by Crippen LogP contribution is 2.67. The maximum Gasteiger partial charge on any atom is 0.436 e. The summed E-state index contributed by atoms with van der Waals surface area (Å²) in [5.74, 6) is 3.43. The van der Waals surface area contributed by atoms with E-state index in [0.29, 0.717) is 30.3 Å². The lowest BCUT2D eigenvalue weighted by molar-refractivity contribution is -0.869. The Kier molecular flexibility index (Phi) is 9.21. The van der Waals surface area contributed by atoms with E-state index >= 15 is 0 Å². The van der Waals surface area contributed by atoms with Gasteiger partial charge in [0.15, 0.2) is 0 Å². The van der Waals surface area contributed by atoms with Crippen molar-refractivity contribution >= 4 is 11.8 Å². The molecule has 4 saturated carbocycles.